The number of rotatable bonds is 4. The lowest BCUT2D eigenvalue weighted by molar-refractivity contribution is -0.168. The summed E-state index contributed by atoms with van der Waals surface area (Å²) in [5, 5.41) is 0. The van der Waals surface area contributed by atoms with Gasteiger partial charge in [-0.25, -0.2) is 0 Å². The smallest absolute Gasteiger partial charge is 0.461 e. The number of carbonyl (C=O) groups excluding carboxylic acids is 2. The zero-order chi connectivity index (χ0) is 21.1. The van der Waals surface area contributed by atoms with Gasteiger partial charge in [-0.15, -0.1) is 0 Å². The Kier molecular flexibility index (Phi) is 5.08. The van der Waals surface area contributed by atoms with Crippen LogP contribution in [0.25, 0.3) is 0 Å². The van der Waals surface area contributed by atoms with Crippen LogP contribution >= 0.6 is 0 Å². The average Bonchev–Trinajstić information content (AvgIpc) is 3.23. The van der Waals surface area contributed by atoms with E-state index in [4.69, 9.17) is 18.8 Å². The number of esters is 2. The summed E-state index contributed by atoms with van der Waals surface area (Å²) < 4.78 is 22.7. The predicted octanol–water partition coefficient (Wildman–Crippen LogP) is 3.32. The van der Waals surface area contributed by atoms with Crippen molar-refractivity contribution >= 4 is 19.1 Å². The number of allylic oxidation sites excluding steroid dienone is 2. The van der Waals surface area contributed by atoms with Gasteiger partial charge in [-0.2, -0.15) is 0 Å². The molecule has 0 N–H and O–H groups in total. The Morgan fingerprint density at radius 3 is 2.00 bits per heavy atom. The first-order chi connectivity index (χ1) is 12.9. The minimum Gasteiger partial charge on any atom is -0.468 e. The molecule has 0 bridgehead atoms. The van der Waals surface area contributed by atoms with E-state index in [9.17, 15) is 9.59 Å². The van der Waals surface area contributed by atoms with Crippen LogP contribution in [0.3, 0.4) is 0 Å². The predicted molar refractivity (Wildman–Crippen MR) is 105 cm³/mol. The number of hydrogen-bond donors (Lipinski definition) is 0. The van der Waals surface area contributed by atoms with Crippen LogP contribution < -0.4 is 0 Å². The lowest BCUT2D eigenvalue weighted by Gasteiger charge is -2.32. The normalized spacial score (nSPS) is 31.9. The maximum atomic E-state index is 12.8. The van der Waals surface area contributed by atoms with Crippen LogP contribution in [-0.2, 0) is 28.4 Å². The summed E-state index contributed by atoms with van der Waals surface area (Å²) in [5.41, 5.74) is -0.598. The van der Waals surface area contributed by atoms with Crippen LogP contribution in [0.2, 0.25) is 5.82 Å². The molecular formula is C21H31BO6. The van der Waals surface area contributed by atoms with Crippen molar-refractivity contribution in [3.8, 4) is 0 Å². The first-order valence-electron chi connectivity index (χ1n) is 9.84. The second-order valence-electron chi connectivity index (χ2n) is 9.23. The molecule has 0 spiro atoms. The van der Waals surface area contributed by atoms with E-state index in [1.807, 2.05) is 34.6 Å². The molecule has 0 aromatic carbocycles. The van der Waals surface area contributed by atoms with Gasteiger partial charge in [0.15, 0.2) is 5.41 Å². The standard InChI is InChI=1S/C21H31BO6/c1-12(2)13-11-21(17(23)25-7,18(24)26-8)14-9-10-15(16(13)14)22-27-19(3,4)20(5,6)28-22/h11,14-16H,1,9-10H2,2-8H3/t14-,15+,16-/m1/s1. The van der Waals surface area contributed by atoms with Crippen LogP contribution in [0, 0.1) is 17.3 Å². The number of ether oxygens (including phenoxy) is 2. The Hall–Kier alpha value is -1.60. The lowest BCUT2D eigenvalue weighted by atomic mass is 9.62. The van der Waals surface area contributed by atoms with Crippen molar-refractivity contribution in [1.29, 1.82) is 0 Å². The highest BCUT2D eigenvalue weighted by Gasteiger charge is 2.66. The Morgan fingerprint density at radius 1 is 1.07 bits per heavy atom. The molecule has 0 amide bonds. The van der Waals surface area contributed by atoms with Gasteiger partial charge in [-0.3, -0.25) is 9.59 Å². The molecule has 0 aromatic heterocycles. The number of fused-ring (bicyclic) bond motifs is 1. The fourth-order valence-electron chi connectivity index (χ4n) is 5.05. The van der Waals surface area contributed by atoms with Gasteiger partial charge in [0.25, 0.3) is 0 Å². The van der Waals surface area contributed by atoms with Crippen molar-refractivity contribution in [2.45, 2.75) is 64.5 Å². The van der Waals surface area contributed by atoms with E-state index < -0.39 is 35.7 Å². The summed E-state index contributed by atoms with van der Waals surface area (Å²) in [4.78, 5) is 25.6. The molecule has 0 unspecified atom stereocenters. The quantitative estimate of drug-likeness (QED) is 0.417. The van der Waals surface area contributed by atoms with Gasteiger partial charge in [0.2, 0.25) is 0 Å². The molecular weight excluding hydrogens is 359 g/mol. The molecule has 2 fully saturated rings. The van der Waals surface area contributed by atoms with Crippen LogP contribution in [0.5, 0.6) is 0 Å². The van der Waals surface area contributed by atoms with Crippen molar-refractivity contribution in [2.75, 3.05) is 14.2 Å². The van der Waals surface area contributed by atoms with Gasteiger partial charge >= 0.3 is 19.1 Å². The SMILES string of the molecule is C=C(C)C1=CC(C(=O)OC)(C(=O)OC)[C@@H]2CC[C@H](B3OC(C)(C)C(C)(C)O3)[C@H]12. The van der Waals surface area contributed by atoms with Crippen LogP contribution in [0.4, 0.5) is 0 Å². The van der Waals surface area contributed by atoms with Gasteiger partial charge in [-0.1, -0.05) is 24.6 Å². The van der Waals surface area contributed by atoms with Crippen molar-refractivity contribution < 1.29 is 28.4 Å². The maximum absolute atomic E-state index is 12.8. The summed E-state index contributed by atoms with van der Waals surface area (Å²) in [6.45, 7) is 14.1. The van der Waals surface area contributed by atoms with E-state index in [1.165, 1.54) is 14.2 Å². The topological polar surface area (TPSA) is 71.1 Å². The first kappa shape index (κ1) is 21.1. The van der Waals surface area contributed by atoms with Crippen molar-refractivity contribution in [1.82, 2.24) is 0 Å². The highest BCUT2D eigenvalue weighted by molar-refractivity contribution is 6.47. The third-order valence-electron chi connectivity index (χ3n) is 7.19. The second kappa shape index (κ2) is 6.73. The van der Waals surface area contributed by atoms with Gasteiger partial charge < -0.3 is 18.8 Å². The van der Waals surface area contributed by atoms with Crippen LogP contribution in [0.15, 0.2) is 23.8 Å². The number of hydrogen-bond acceptors (Lipinski definition) is 6. The Labute approximate surface area is 167 Å². The average molecular weight is 390 g/mol. The fraction of sp³-hybridized carbons (Fsp3) is 0.714. The summed E-state index contributed by atoms with van der Waals surface area (Å²) in [6, 6.07) is 0. The van der Waals surface area contributed by atoms with Crippen molar-refractivity contribution in [3.05, 3.63) is 23.8 Å². The largest absolute Gasteiger partial charge is 0.468 e. The summed E-state index contributed by atoms with van der Waals surface area (Å²) in [5.74, 6) is -1.49. The molecule has 3 aliphatic rings. The van der Waals surface area contributed by atoms with E-state index in [-0.39, 0.29) is 17.7 Å². The number of carbonyl (C=O) groups is 2. The molecule has 3 atom stereocenters. The first-order valence-corrected chi connectivity index (χ1v) is 9.84. The third-order valence-corrected chi connectivity index (χ3v) is 7.19. The maximum Gasteiger partial charge on any atom is 0.461 e. The van der Waals surface area contributed by atoms with Crippen LogP contribution in [0.1, 0.15) is 47.5 Å². The van der Waals surface area contributed by atoms with E-state index >= 15 is 0 Å². The molecule has 0 radical (unpaired) electrons. The molecule has 1 saturated carbocycles. The molecule has 7 heteroatoms. The lowest BCUT2D eigenvalue weighted by Crippen LogP contribution is -2.44. The molecule has 28 heavy (non-hydrogen) atoms. The molecule has 1 heterocycles. The summed E-state index contributed by atoms with van der Waals surface area (Å²) in [6.07, 6.45) is 3.18. The second-order valence-corrected chi connectivity index (χ2v) is 9.23. The van der Waals surface area contributed by atoms with E-state index in [1.54, 1.807) is 6.08 Å². The minimum atomic E-state index is -1.44. The fourth-order valence-corrected chi connectivity index (χ4v) is 5.05. The molecule has 1 aliphatic heterocycles. The Morgan fingerprint density at radius 2 is 1.57 bits per heavy atom. The van der Waals surface area contributed by atoms with E-state index in [2.05, 4.69) is 6.58 Å². The Bertz CT molecular complexity index is 705. The molecule has 6 nitrogen and oxygen atoms in total. The van der Waals surface area contributed by atoms with Gasteiger partial charge in [-0.05, 0) is 58.4 Å². The van der Waals surface area contributed by atoms with Crippen molar-refractivity contribution in [3.63, 3.8) is 0 Å². The minimum absolute atomic E-state index is 0.0187. The molecule has 1 saturated heterocycles. The van der Waals surface area contributed by atoms with Crippen molar-refractivity contribution in [2.24, 2.45) is 17.3 Å². The molecule has 2 aliphatic carbocycles. The monoisotopic (exact) mass is 390 g/mol. The molecule has 3 rings (SSSR count). The third kappa shape index (κ3) is 2.78. The number of methoxy groups -OCH3 is 2. The molecule has 154 valence electrons. The van der Waals surface area contributed by atoms with Gasteiger partial charge in [0.05, 0.1) is 25.4 Å². The summed E-state index contributed by atoms with van der Waals surface area (Å²) >= 11 is 0. The molecule has 0 aromatic rings. The van der Waals surface area contributed by atoms with E-state index in [0.717, 1.165) is 17.6 Å². The summed E-state index contributed by atoms with van der Waals surface area (Å²) in [7, 11) is 2.19. The van der Waals surface area contributed by atoms with Gasteiger partial charge in [0, 0.05) is 5.82 Å². The zero-order valence-corrected chi connectivity index (χ0v) is 18.0. The van der Waals surface area contributed by atoms with E-state index in [0.29, 0.717) is 6.42 Å². The highest BCUT2D eigenvalue weighted by atomic mass is 16.7. The Balaban J connectivity index is 2.03. The van der Waals surface area contributed by atoms with Gasteiger partial charge in [0.1, 0.15) is 0 Å². The van der Waals surface area contributed by atoms with Crippen LogP contribution in [-0.4, -0.2) is 44.5 Å². The highest BCUT2D eigenvalue weighted by Crippen LogP contribution is 2.62. The zero-order valence-electron chi connectivity index (χ0n) is 18.0.